The third kappa shape index (κ3) is 4.09. The Hall–Kier alpha value is -2.93. The molecule has 0 spiro atoms. The molecule has 0 saturated carbocycles. The largest absolute Gasteiger partial charge is 0.390 e. The van der Waals surface area contributed by atoms with E-state index in [0.717, 1.165) is 16.5 Å². The minimum atomic E-state index is -0.356. The Bertz CT molecular complexity index is 944. The average Bonchev–Trinajstić information content (AvgIpc) is 3.06. The maximum atomic E-state index is 12.4. The number of aliphatic hydroxyl groups excluding tert-OH is 1. The van der Waals surface area contributed by atoms with Gasteiger partial charge in [0.25, 0.3) is 0 Å². The molecule has 1 atom stereocenters. The van der Waals surface area contributed by atoms with E-state index in [9.17, 15) is 9.90 Å². The van der Waals surface area contributed by atoms with Gasteiger partial charge >= 0.3 is 6.03 Å². The number of aromatic nitrogens is 3. The van der Waals surface area contributed by atoms with Crippen molar-refractivity contribution >= 4 is 22.8 Å². The third-order valence-corrected chi connectivity index (χ3v) is 4.29. The van der Waals surface area contributed by atoms with Gasteiger partial charge < -0.3 is 10.4 Å². The van der Waals surface area contributed by atoms with Crippen molar-refractivity contribution in [3.8, 4) is 0 Å². The summed E-state index contributed by atoms with van der Waals surface area (Å²) >= 11 is 0. The number of amides is 2. The molecule has 3 aromatic rings. The Kier molecular flexibility index (Phi) is 5.14. The molecule has 2 heterocycles. The zero-order chi connectivity index (χ0) is 19.6. The van der Waals surface area contributed by atoms with Crippen molar-refractivity contribution in [2.45, 2.75) is 45.9 Å². The molecule has 0 fully saturated rings. The van der Waals surface area contributed by atoms with Gasteiger partial charge in [0, 0.05) is 5.39 Å². The van der Waals surface area contributed by atoms with E-state index in [1.807, 2.05) is 62.7 Å². The highest BCUT2D eigenvalue weighted by Gasteiger charge is 2.21. The Morgan fingerprint density at radius 3 is 2.59 bits per heavy atom. The Morgan fingerprint density at radius 1 is 1.26 bits per heavy atom. The Balaban J connectivity index is 1.82. The lowest BCUT2D eigenvalue weighted by Crippen LogP contribution is -2.31. The number of nitrogens with one attached hydrogen (secondary N) is 2. The topological polar surface area (TPSA) is 92.1 Å². The molecule has 2 amide bonds. The summed E-state index contributed by atoms with van der Waals surface area (Å²) in [6, 6.07) is 11.0. The highest BCUT2D eigenvalue weighted by molar-refractivity contribution is 5.92. The van der Waals surface area contributed by atoms with Crippen LogP contribution in [0.4, 0.5) is 10.6 Å². The highest BCUT2D eigenvalue weighted by atomic mass is 16.3. The van der Waals surface area contributed by atoms with Crippen LogP contribution in [0.1, 0.15) is 45.0 Å². The van der Waals surface area contributed by atoms with Gasteiger partial charge in [-0.15, -0.1) is 0 Å². The van der Waals surface area contributed by atoms with E-state index in [-0.39, 0.29) is 24.2 Å². The van der Waals surface area contributed by atoms with E-state index in [1.54, 1.807) is 12.3 Å². The zero-order valence-corrected chi connectivity index (χ0v) is 16.0. The van der Waals surface area contributed by atoms with Gasteiger partial charge in [0.1, 0.15) is 5.82 Å². The molecule has 0 radical (unpaired) electrons. The van der Waals surface area contributed by atoms with E-state index in [0.29, 0.717) is 11.5 Å². The van der Waals surface area contributed by atoms with E-state index < -0.39 is 0 Å². The summed E-state index contributed by atoms with van der Waals surface area (Å²) in [4.78, 5) is 16.8. The number of hydrogen-bond donors (Lipinski definition) is 3. The number of carbonyl (C=O) groups excluding carboxylic acids is 1. The summed E-state index contributed by atoms with van der Waals surface area (Å²) in [5, 5.41) is 20.6. The lowest BCUT2D eigenvalue weighted by Gasteiger charge is -2.21. The van der Waals surface area contributed by atoms with Gasteiger partial charge in [-0.1, -0.05) is 30.3 Å². The molecule has 3 N–H and O–H groups in total. The van der Waals surface area contributed by atoms with Crippen molar-refractivity contribution in [3.63, 3.8) is 0 Å². The molecule has 0 aliphatic heterocycles. The van der Waals surface area contributed by atoms with Crippen LogP contribution in [-0.4, -0.2) is 25.9 Å². The number of anilines is 1. The molecule has 27 heavy (non-hydrogen) atoms. The molecule has 2 aromatic heterocycles. The van der Waals surface area contributed by atoms with Crippen LogP contribution in [0.3, 0.4) is 0 Å². The molecular weight excluding hydrogens is 342 g/mol. The molecule has 3 rings (SSSR count). The first-order chi connectivity index (χ1) is 12.8. The fourth-order valence-corrected chi connectivity index (χ4v) is 2.99. The minimum absolute atomic E-state index is 0.143. The predicted octanol–water partition coefficient (Wildman–Crippen LogP) is 3.56. The normalized spacial score (nSPS) is 12.8. The molecular formula is C20H25N5O2. The van der Waals surface area contributed by atoms with Crippen molar-refractivity contribution in [1.29, 1.82) is 0 Å². The first-order valence-electron chi connectivity index (χ1n) is 8.91. The second-order valence-corrected chi connectivity index (χ2v) is 7.51. The van der Waals surface area contributed by atoms with Crippen molar-refractivity contribution in [2.24, 2.45) is 0 Å². The van der Waals surface area contributed by atoms with Crippen molar-refractivity contribution in [2.75, 3.05) is 5.32 Å². The lowest BCUT2D eigenvalue weighted by atomic mass is 10.1. The van der Waals surface area contributed by atoms with Gasteiger partial charge in [0.15, 0.2) is 0 Å². The minimum Gasteiger partial charge on any atom is -0.390 e. The smallest absolute Gasteiger partial charge is 0.320 e. The molecule has 0 aliphatic rings. The number of pyridine rings is 1. The van der Waals surface area contributed by atoms with Crippen molar-refractivity contribution in [3.05, 3.63) is 53.9 Å². The quantitative estimate of drug-likeness (QED) is 0.657. The molecule has 7 heteroatoms. The van der Waals surface area contributed by atoms with Gasteiger partial charge in [0.2, 0.25) is 0 Å². The molecule has 0 saturated heterocycles. The number of aliphatic hydroxyl groups is 1. The number of rotatable bonds is 4. The summed E-state index contributed by atoms with van der Waals surface area (Å²) < 4.78 is 1.84. The van der Waals surface area contributed by atoms with Crippen LogP contribution in [0.5, 0.6) is 0 Å². The maximum Gasteiger partial charge on any atom is 0.320 e. The maximum absolute atomic E-state index is 12.4. The van der Waals surface area contributed by atoms with Crippen LogP contribution in [0.2, 0.25) is 0 Å². The summed E-state index contributed by atoms with van der Waals surface area (Å²) in [5.74, 6) is 0.373. The molecule has 7 nitrogen and oxygen atoms in total. The van der Waals surface area contributed by atoms with E-state index in [4.69, 9.17) is 0 Å². The summed E-state index contributed by atoms with van der Waals surface area (Å²) in [6.45, 7) is 7.77. The average molecular weight is 367 g/mol. The van der Waals surface area contributed by atoms with E-state index >= 15 is 0 Å². The van der Waals surface area contributed by atoms with Crippen LogP contribution >= 0.6 is 0 Å². The van der Waals surface area contributed by atoms with Crippen molar-refractivity contribution in [1.82, 2.24) is 20.1 Å². The first-order valence-corrected chi connectivity index (χ1v) is 8.91. The summed E-state index contributed by atoms with van der Waals surface area (Å²) in [6.07, 6.45) is 1.72. The molecule has 1 unspecified atom stereocenters. The van der Waals surface area contributed by atoms with Crippen LogP contribution < -0.4 is 10.6 Å². The molecule has 1 aromatic carbocycles. The van der Waals surface area contributed by atoms with Crippen LogP contribution in [0.15, 0.2) is 42.6 Å². The number of nitrogens with zero attached hydrogens (tertiary/aromatic N) is 3. The molecule has 0 aliphatic carbocycles. The van der Waals surface area contributed by atoms with Crippen LogP contribution in [0.25, 0.3) is 10.9 Å². The SMILES string of the molecule is CC(NC(=O)Nc1cc2cnn(C(C)(C)C)c2c(CO)n1)c1ccccc1. The Labute approximate surface area is 158 Å². The molecule has 0 bridgehead atoms. The number of fused-ring (bicyclic) bond motifs is 1. The molecule has 142 valence electrons. The second kappa shape index (κ2) is 7.36. The van der Waals surface area contributed by atoms with Gasteiger partial charge in [-0.25, -0.2) is 9.78 Å². The second-order valence-electron chi connectivity index (χ2n) is 7.51. The number of benzene rings is 1. The summed E-state index contributed by atoms with van der Waals surface area (Å²) in [5.41, 5.74) is 2.02. The van der Waals surface area contributed by atoms with E-state index in [1.165, 1.54) is 0 Å². The van der Waals surface area contributed by atoms with Crippen molar-refractivity contribution < 1.29 is 9.90 Å². The standard InChI is InChI=1S/C20H25N5O2/c1-13(14-8-6-5-7-9-14)22-19(27)24-17-10-15-11-21-25(20(2,3)4)18(15)16(12-26)23-17/h5-11,13,26H,12H2,1-4H3,(H2,22,23,24,27). The van der Waals surface area contributed by atoms with Gasteiger partial charge in [-0.2, -0.15) is 5.10 Å². The monoisotopic (exact) mass is 367 g/mol. The Morgan fingerprint density at radius 2 is 1.96 bits per heavy atom. The van der Waals surface area contributed by atoms with Gasteiger partial charge in [0.05, 0.1) is 35.6 Å². The van der Waals surface area contributed by atoms with Crippen LogP contribution in [-0.2, 0) is 12.1 Å². The fraction of sp³-hybridized carbons (Fsp3) is 0.350. The van der Waals surface area contributed by atoms with E-state index in [2.05, 4.69) is 20.7 Å². The predicted molar refractivity (Wildman–Crippen MR) is 105 cm³/mol. The number of carbonyl (C=O) groups is 1. The third-order valence-electron chi connectivity index (χ3n) is 4.29. The van der Waals surface area contributed by atoms with Gasteiger partial charge in [-0.3, -0.25) is 10.00 Å². The zero-order valence-electron chi connectivity index (χ0n) is 16.0. The lowest BCUT2D eigenvalue weighted by molar-refractivity contribution is 0.249. The van der Waals surface area contributed by atoms with Gasteiger partial charge in [-0.05, 0) is 39.3 Å². The number of urea groups is 1. The summed E-state index contributed by atoms with van der Waals surface area (Å²) in [7, 11) is 0. The highest BCUT2D eigenvalue weighted by Crippen LogP contribution is 2.26. The van der Waals surface area contributed by atoms with Crippen LogP contribution in [0, 0.1) is 0 Å². The fourth-order valence-electron chi connectivity index (χ4n) is 2.99. The number of hydrogen-bond acceptors (Lipinski definition) is 4. The first kappa shape index (κ1) is 18.8.